The first-order valence-corrected chi connectivity index (χ1v) is 8.04. The summed E-state index contributed by atoms with van der Waals surface area (Å²) in [5, 5.41) is 0. The number of aryl methyl sites for hydroxylation is 1. The van der Waals surface area contributed by atoms with Crippen molar-refractivity contribution in [1.82, 2.24) is 0 Å². The Labute approximate surface area is 142 Å². The molecule has 0 amide bonds. The molecule has 0 saturated carbocycles. The van der Waals surface area contributed by atoms with Gasteiger partial charge in [0, 0.05) is 17.7 Å². The molecule has 0 radical (unpaired) electrons. The predicted molar refractivity (Wildman–Crippen MR) is 93.1 cm³/mol. The van der Waals surface area contributed by atoms with Gasteiger partial charge in [0.15, 0.2) is 0 Å². The quantitative estimate of drug-likeness (QED) is 0.747. The van der Waals surface area contributed by atoms with Crippen LogP contribution in [0.25, 0.3) is 0 Å². The molecule has 0 bridgehead atoms. The Balaban J connectivity index is 1.86. The molecule has 3 rings (SSSR count). The van der Waals surface area contributed by atoms with Crippen molar-refractivity contribution in [2.45, 2.75) is 25.9 Å². The number of fused-ring (bicyclic) bond motifs is 1. The van der Waals surface area contributed by atoms with Crippen LogP contribution in [0.4, 0.5) is 0 Å². The van der Waals surface area contributed by atoms with Crippen molar-refractivity contribution in [2.75, 3.05) is 14.2 Å². The van der Waals surface area contributed by atoms with Crippen LogP contribution < -0.4 is 18.9 Å². The summed E-state index contributed by atoms with van der Waals surface area (Å²) < 4.78 is 22.5. The maximum absolute atomic E-state index is 6.23. The molecule has 2 aromatic rings. The third-order valence-electron chi connectivity index (χ3n) is 4.11. The van der Waals surface area contributed by atoms with Crippen LogP contribution in [0, 0.1) is 0 Å². The van der Waals surface area contributed by atoms with Gasteiger partial charge in [0.05, 0.1) is 20.5 Å². The maximum atomic E-state index is 6.23. The second-order valence-corrected chi connectivity index (χ2v) is 5.61. The van der Waals surface area contributed by atoms with Crippen molar-refractivity contribution in [3.05, 3.63) is 59.9 Å². The Hall–Kier alpha value is -2.62. The summed E-state index contributed by atoms with van der Waals surface area (Å²) in [7, 11) is 3.31. The highest BCUT2D eigenvalue weighted by atomic mass is 16.5. The van der Waals surface area contributed by atoms with Crippen LogP contribution in [-0.2, 0) is 6.42 Å². The molecule has 0 fully saturated rings. The van der Waals surface area contributed by atoms with E-state index in [1.165, 1.54) is 5.56 Å². The van der Waals surface area contributed by atoms with Gasteiger partial charge >= 0.3 is 0 Å². The molecule has 0 aliphatic carbocycles. The van der Waals surface area contributed by atoms with Crippen molar-refractivity contribution in [1.29, 1.82) is 0 Å². The molecule has 1 aliphatic rings. The Kier molecular flexibility index (Phi) is 4.94. The molecule has 24 heavy (non-hydrogen) atoms. The number of ether oxygens (including phenoxy) is 4. The van der Waals surface area contributed by atoms with E-state index in [0.717, 1.165) is 41.4 Å². The van der Waals surface area contributed by atoms with Gasteiger partial charge in [-0.05, 0) is 43.5 Å². The minimum absolute atomic E-state index is 0.0460. The summed E-state index contributed by atoms with van der Waals surface area (Å²) >= 11 is 0. The van der Waals surface area contributed by atoms with Crippen LogP contribution in [0.1, 0.15) is 30.6 Å². The van der Waals surface area contributed by atoms with E-state index in [-0.39, 0.29) is 6.10 Å². The standard InChI is InChI=1S/C20H22O4/c1-4-11-23-16-7-5-14-6-10-18(24-19(14)13-16)17-9-8-15(21-2)12-20(17)22-3/h4-5,7-9,11-13,18H,6,10H2,1-3H3. The molecule has 2 aromatic carbocycles. The molecule has 126 valence electrons. The highest BCUT2D eigenvalue weighted by Gasteiger charge is 2.24. The summed E-state index contributed by atoms with van der Waals surface area (Å²) in [6.45, 7) is 1.92. The fraction of sp³-hybridized carbons (Fsp3) is 0.300. The second-order valence-electron chi connectivity index (χ2n) is 5.61. The zero-order valence-electron chi connectivity index (χ0n) is 14.2. The molecule has 0 aromatic heterocycles. The first-order chi connectivity index (χ1) is 11.7. The lowest BCUT2D eigenvalue weighted by molar-refractivity contribution is 0.172. The third-order valence-corrected chi connectivity index (χ3v) is 4.11. The third kappa shape index (κ3) is 3.32. The second kappa shape index (κ2) is 7.30. The van der Waals surface area contributed by atoms with Crippen molar-refractivity contribution < 1.29 is 18.9 Å². The number of methoxy groups -OCH3 is 2. The topological polar surface area (TPSA) is 36.9 Å². The monoisotopic (exact) mass is 326 g/mol. The molecule has 0 spiro atoms. The van der Waals surface area contributed by atoms with Gasteiger partial charge in [0.2, 0.25) is 0 Å². The molecule has 1 aliphatic heterocycles. The fourth-order valence-corrected chi connectivity index (χ4v) is 2.87. The Morgan fingerprint density at radius 1 is 1.04 bits per heavy atom. The van der Waals surface area contributed by atoms with E-state index in [1.54, 1.807) is 20.5 Å². The lowest BCUT2D eigenvalue weighted by atomic mass is 9.96. The van der Waals surface area contributed by atoms with Crippen LogP contribution in [0.15, 0.2) is 48.7 Å². The zero-order chi connectivity index (χ0) is 16.9. The van der Waals surface area contributed by atoms with Gasteiger partial charge in [0.25, 0.3) is 0 Å². The Morgan fingerprint density at radius 3 is 2.62 bits per heavy atom. The summed E-state index contributed by atoms with van der Waals surface area (Å²) in [5.41, 5.74) is 2.23. The van der Waals surface area contributed by atoms with E-state index >= 15 is 0 Å². The minimum atomic E-state index is -0.0460. The Morgan fingerprint density at radius 2 is 1.88 bits per heavy atom. The number of rotatable bonds is 5. The van der Waals surface area contributed by atoms with Crippen LogP contribution in [0.2, 0.25) is 0 Å². The van der Waals surface area contributed by atoms with Gasteiger partial charge in [0.1, 0.15) is 29.1 Å². The molecule has 4 heteroatoms. The van der Waals surface area contributed by atoms with Gasteiger partial charge in [-0.15, -0.1) is 0 Å². The lowest BCUT2D eigenvalue weighted by Gasteiger charge is -2.28. The van der Waals surface area contributed by atoms with Gasteiger partial charge in [-0.25, -0.2) is 0 Å². The van der Waals surface area contributed by atoms with Gasteiger partial charge in [-0.3, -0.25) is 0 Å². The smallest absolute Gasteiger partial charge is 0.130 e. The molecule has 1 heterocycles. The van der Waals surface area contributed by atoms with E-state index in [9.17, 15) is 0 Å². The van der Waals surface area contributed by atoms with E-state index in [4.69, 9.17) is 18.9 Å². The van der Waals surface area contributed by atoms with Crippen molar-refractivity contribution in [3.63, 3.8) is 0 Å². The molecular weight excluding hydrogens is 304 g/mol. The van der Waals surface area contributed by atoms with E-state index in [2.05, 4.69) is 6.07 Å². The van der Waals surface area contributed by atoms with E-state index < -0.39 is 0 Å². The summed E-state index contributed by atoms with van der Waals surface area (Å²) in [6.07, 6.45) is 5.33. The SMILES string of the molecule is CC=COc1ccc2c(c1)OC(c1ccc(OC)cc1OC)CC2. The van der Waals surface area contributed by atoms with Crippen molar-refractivity contribution in [3.8, 4) is 23.0 Å². The van der Waals surface area contributed by atoms with Crippen LogP contribution in [0.5, 0.6) is 23.0 Å². The lowest BCUT2D eigenvalue weighted by Crippen LogP contribution is -2.16. The molecular formula is C20H22O4. The van der Waals surface area contributed by atoms with Crippen molar-refractivity contribution >= 4 is 0 Å². The summed E-state index contributed by atoms with van der Waals surface area (Å²) in [4.78, 5) is 0. The van der Waals surface area contributed by atoms with Crippen LogP contribution in [-0.4, -0.2) is 14.2 Å². The van der Waals surface area contributed by atoms with Crippen LogP contribution >= 0.6 is 0 Å². The summed E-state index contributed by atoms with van der Waals surface area (Å²) in [6, 6.07) is 11.8. The number of benzene rings is 2. The zero-order valence-corrected chi connectivity index (χ0v) is 14.2. The number of hydrogen-bond donors (Lipinski definition) is 0. The molecule has 1 atom stereocenters. The first-order valence-electron chi connectivity index (χ1n) is 8.04. The largest absolute Gasteiger partial charge is 0.497 e. The molecule has 0 N–H and O–H groups in total. The molecule has 0 saturated heterocycles. The van der Waals surface area contributed by atoms with Crippen LogP contribution in [0.3, 0.4) is 0 Å². The molecule has 1 unspecified atom stereocenters. The maximum Gasteiger partial charge on any atom is 0.130 e. The highest BCUT2D eigenvalue weighted by molar-refractivity contribution is 5.46. The predicted octanol–water partition coefficient (Wildman–Crippen LogP) is 4.68. The van der Waals surface area contributed by atoms with E-state index in [1.807, 2.05) is 43.3 Å². The average Bonchev–Trinajstić information content (AvgIpc) is 2.65. The minimum Gasteiger partial charge on any atom is -0.497 e. The van der Waals surface area contributed by atoms with Gasteiger partial charge in [-0.1, -0.05) is 12.1 Å². The molecule has 4 nitrogen and oxygen atoms in total. The highest BCUT2D eigenvalue weighted by Crippen LogP contribution is 2.40. The fourth-order valence-electron chi connectivity index (χ4n) is 2.87. The Bertz CT molecular complexity index is 736. The van der Waals surface area contributed by atoms with Crippen molar-refractivity contribution in [2.24, 2.45) is 0 Å². The average molecular weight is 326 g/mol. The van der Waals surface area contributed by atoms with Gasteiger partial charge in [-0.2, -0.15) is 0 Å². The number of hydrogen-bond acceptors (Lipinski definition) is 4. The van der Waals surface area contributed by atoms with Gasteiger partial charge < -0.3 is 18.9 Å². The first kappa shape index (κ1) is 16.2. The summed E-state index contributed by atoms with van der Waals surface area (Å²) in [5.74, 6) is 3.19. The number of allylic oxidation sites excluding steroid dienone is 1. The van der Waals surface area contributed by atoms with E-state index in [0.29, 0.717) is 0 Å². The normalized spacial score (nSPS) is 16.4.